The highest BCUT2D eigenvalue weighted by Crippen LogP contribution is 2.30. The Balaban J connectivity index is 2.23. The molecule has 0 aromatic heterocycles. The van der Waals surface area contributed by atoms with E-state index in [1.165, 1.54) is 0 Å². The van der Waals surface area contributed by atoms with Crippen LogP contribution >= 0.6 is 0 Å². The predicted octanol–water partition coefficient (Wildman–Crippen LogP) is 3.01. The lowest BCUT2D eigenvalue weighted by Crippen LogP contribution is -2.15. The largest absolute Gasteiger partial charge is 0.492 e. The second-order valence-corrected chi connectivity index (χ2v) is 4.49. The van der Waals surface area contributed by atoms with E-state index in [-0.39, 0.29) is 11.6 Å². The summed E-state index contributed by atoms with van der Waals surface area (Å²) in [5.41, 5.74) is 1.31. The first-order chi connectivity index (χ1) is 8.65. The molecule has 2 aromatic rings. The maximum atomic E-state index is 11.8. The summed E-state index contributed by atoms with van der Waals surface area (Å²) in [6, 6.07) is 9.17. The minimum Gasteiger partial charge on any atom is -0.492 e. The van der Waals surface area contributed by atoms with Gasteiger partial charge in [0.2, 0.25) is 0 Å². The molecule has 18 heavy (non-hydrogen) atoms. The molecule has 0 atom stereocenters. The fourth-order valence-electron chi connectivity index (χ4n) is 2.22. The van der Waals surface area contributed by atoms with Crippen molar-refractivity contribution < 1.29 is 14.3 Å². The van der Waals surface area contributed by atoms with Gasteiger partial charge in [-0.25, -0.2) is 0 Å². The third kappa shape index (κ3) is 1.68. The average Bonchev–Trinajstić information content (AvgIpc) is 2.36. The van der Waals surface area contributed by atoms with Crippen LogP contribution in [0.5, 0.6) is 5.75 Å². The molecule has 0 saturated heterocycles. The van der Waals surface area contributed by atoms with Crippen LogP contribution in [-0.4, -0.2) is 18.2 Å². The number of Topliss-reactive ketones (excluding diaryl/α,β-unsaturated/α-hetero) is 2. The normalized spacial score (nSPS) is 14.2. The Labute approximate surface area is 104 Å². The van der Waals surface area contributed by atoms with Crippen molar-refractivity contribution in [3.63, 3.8) is 0 Å². The molecule has 0 amide bonds. The van der Waals surface area contributed by atoms with Gasteiger partial charge in [0.1, 0.15) is 5.75 Å². The molecule has 0 aliphatic carbocycles. The fraction of sp³-hybridized carbons (Fsp3) is 0.200. The highest BCUT2D eigenvalue weighted by molar-refractivity contribution is 6.05. The van der Waals surface area contributed by atoms with E-state index in [1.54, 1.807) is 13.0 Å². The standard InChI is InChI=1S/C15H12O3/c1-9(16)10-2-3-11-7-13-14(17)4-5-18-15(13)8-12(11)6-10/h2-3,6-8H,4-5H2,1H3. The van der Waals surface area contributed by atoms with E-state index in [2.05, 4.69) is 0 Å². The van der Waals surface area contributed by atoms with Crippen LogP contribution in [0.4, 0.5) is 0 Å². The third-order valence-corrected chi connectivity index (χ3v) is 3.23. The maximum Gasteiger partial charge on any atom is 0.170 e. The second kappa shape index (κ2) is 3.95. The summed E-state index contributed by atoms with van der Waals surface area (Å²) in [5.74, 6) is 0.778. The second-order valence-electron chi connectivity index (χ2n) is 4.49. The molecule has 0 unspecified atom stereocenters. The minimum absolute atomic E-state index is 0.0339. The van der Waals surface area contributed by atoms with Crippen molar-refractivity contribution in [2.75, 3.05) is 6.61 Å². The van der Waals surface area contributed by atoms with Gasteiger partial charge in [-0.15, -0.1) is 0 Å². The van der Waals surface area contributed by atoms with Crippen molar-refractivity contribution in [3.8, 4) is 5.75 Å². The Hall–Kier alpha value is -2.16. The first-order valence-electron chi connectivity index (χ1n) is 5.90. The zero-order valence-corrected chi connectivity index (χ0v) is 10.0. The lowest BCUT2D eigenvalue weighted by molar-refractivity contribution is 0.0933. The van der Waals surface area contributed by atoms with Crippen LogP contribution in [0.2, 0.25) is 0 Å². The van der Waals surface area contributed by atoms with Crippen molar-refractivity contribution in [1.29, 1.82) is 0 Å². The van der Waals surface area contributed by atoms with E-state index in [0.717, 1.165) is 10.8 Å². The summed E-state index contributed by atoms with van der Waals surface area (Å²) in [6.07, 6.45) is 0.435. The van der Waals surface area contributed by atoms with E-state index in [1.807, 2.05) is 24.3 Å². The first kappa shape index (κ1) is 11.0. The molecule has 0 saturated carbocycles. The molecule has 1 aliphatic heterocycles. The monoisotopic (exact) mass is 240 g/mol. The molecule has 0 radical (unpaired) electrons. The van der Waals surface area contributed by atoms with Gasteiger partial charge in [0, 0.05) is 12.0 Å². The summed E-state index contributed by atoms with van der Waals surface area (Å²) in [5, 5.41) is 1.88. The van der Waals surface area contributed by atoms with Crippen molar-refractivity contribution in [2.24, 2.45) is 0 Å². The molecular weight excluding hydrogens is 228 g/mol. The molecule has 3 rings (SSSR count). The number of carbonyl (C=O) groups excluding carboxylic acids is 2. The summed E-state index contributed by atoms with van der Waals surface area (Å²) in [4.78, 5) is 23.1. The van der Waals surface area contributed by atoms with Crippen LogP contribution in [0.25, 0.3) is 10.8 Å². The Morgan fingerprint density at radius 2 is 2.00 bits per heavy atom. The topological polar surface area (TPSA) is 43.4 Å². The summed E-state index contributed by atoms with van der Waals surface area (Å²) < 4.78 is 5.50. The molecule has 0 bridgehead atoms. The van der Waals surface area contributed by atoms with E-state index >= 15 is 0 Å². The predicted molar refractivity (Wildman–Crippen MR) is 68.4 cm³/mol. The summed E-state index contributed by atoms with van der Waals surface area (Å²) in [6.45, 7) is 1.98. The smallest absolute Gasteiger partial charge is 0.170 e. The van der Waals surface area contributed by atoms with E-state index in [4.69, 9.17) is 4.74 Å². The minimum atomic E-state index is 0.0339. The zero-order chi connectivity index (χ0) is 12.7. The number of fused-ring (bicyclic) bond motifs is 2. The summed E-state index contributed by atoms with van der Waals surface area (Å²) >= 11 is 0. The number of hydrogen-bond acceptors (Lipinski definition) is 3. The number of ketones is 2. The quantitative estimate of drug-likeness (QED) is 0.720. The van der Waals surface area contributed by atoms with Gasteiger partial charge < -0.3 is 4.74 Å². The lowest BCUT2D eigenvalue weighted by Gasteiger charge is -2.17. The molecule has 3 nitrogen and oxygen atoms in total. The van der Waals surface area contributed by atoms with Crippen LogP contribution in [0.3, 0.4) is 0 Å². The van der Waals surface area contributed by atoms with Gasteiger partial charge in [0.15, 0.2) is 11.6 Å². The van der Waals surface area contributed by atoms with E-state index in [9.17, 15) is 9.59 Å². The Bertz CT molecular complexity index is 671. The number of carbonyl (C=O) groups is 2. The van der Waals surface area contributed by atoms with Crippen LogP contribution in [-0.2, 0) is 0 Å². The van der Waals surface area contributed by atoms with Crippen molar-refractivity contribution in [3.05, 3.63) is 41.5 Å². The first-order valence-corrected chi connectivity index (χ1v) is 5.90. The summed E-state index contributed by atoms with van der Waals surface area (Å²) in [7, 11) is 0. The van der Waals surface area contributed by atoms with Gasteiger partial charge in [-0.05, 0) is 35.9 Å². The van der Waals surface area contributed by atoms with Crippen LogP contribution in [0.1, 0.15) is 34.1 Å². The highest BCUT2D eigenvalue weighted by Gasteiger charge is 2.19. The molecule has 1 heterocycles. The molecule has 3 heteroatoms. The van der Waals surface area contributed by atoms with Gasteiger partial charge in [-0.3, -0.25) is 9.59 Å². The van der Waals surface area contributed by atoms with Crippen LogP contribution in [0.15, 0.2) is 30.3 Å². The fourth-order valence-corrected chi connectivity index (χ4v) is 2.22. The van der Waals surface area contributed by atoms with Crippen molar-refractivity contribution in [1.82, 2.24) is 0 Å². The maximum absolute atomic E-state index is 11.8. The van der Waals surface area contributed by atoms with E-state index < -0.39 is 0 Å². The van der Waals surface area contributed by atoms with Crippen LogP contribution < -0.4 is 4.74 Å². The molecular formula is C15H12O3. The van der Waals surface area contributed by atoms with Crippen LogP contribution in [0, 0.1) is 0 Å². The highest BCUT2D eigenvalue weighted by atomic mass is 16.5. The average molecular weight is 240 g/mol. The molecule has 2 aromatic carbocycles. The van der Waals surface area contributed by atoms with Gasteiger partial charge >= 0.3 is 0 Å². The van der Waals surface area contributed by atoms with Crippen molar-refractivity contribution in [2.45, 2.75) is 13.3 Å². The zero-order valence-electron chi connectivity index (χ0n) is 10.0. The molecule has 90 valence electrons. The number of ether oxygens (including phenoxy) is 1. The van der Waals surface area contributed by atoms with Crippen molar-refractivity contribution >= 4 is 22.3 Å². The number of benzene rings is 2. The van der Waals surface area contributed by atoms with Gasteiger partial charge in [0.25, 0.3) is 0 Å². The molecule has 0 N–H and O–H groups in total. The Morgan fingerprint density at radius 3 is 2.78 bits per heavy atom. The van der Waals surface area contributed by atoms with E-state index in [0.29, 0.717) is 29.9 Å². The number of rotatable bonds is 1. The Morgan fingerprint density at radius 1 is 1.17 bits per heavy atom. The SMILES string of the molecule is CC(=O)c1ccc2cc3c(cc2c1)OCCC3=O. The van der Waals surface area contributed by atoms with Gasteiger partial charge in [-0.2, -0.15) is 0 Å². The molecule has 0 spiro atoms. The third-order valence-electron chi connectivity index (χ3n) is 3.23. The number of hydrogen-bond donors (Lipinski definition) is 0. The Kier molecular flexibility index (Phi) is 2.40. The molecule has 0 fully saturated rings. The lowest BCUT2D eigenvalue weighted by atomic mass is 9.98. The van der Waals surface area contributed by atoms with Gasteiger partial charge in [-0.1, -0.05) is 12.1 Å². The molecule has 1 aliphatic rings. The van der Waals surface area contributed by atoms with Gasteiger partial charge in [0.05, 0.1) is 12.2 Å².